The van der Waals surface area contributed by atoms with E-state index in [2.05, 4.69) is 10.1 Å². The summed E-state index contributed by atoms with van der Waals surface area (Å²) in [5.41, 5.74) is 3.58. The minimum absolute atomic E-state index is 0.0958. The highest BCUT2D eigenvalue weighted by molar-refractivity contribution is 7.92. The fraction of sp³-hybridized carbons (Fsp3) is 0.0800. The lowest BCUT2D eigenvalue weighted by atomic mass is 10.1. The van der Waals surface area contributed by atoms with E-state index in [-0.39, 0.29) is 11.5 Å². The van der Waals surface area contributed by atoms with Gasteiger partial charge in [0, 0.05) is 18.8 Å². The predicted molar refractivity (Wildman–Crippen MR) is 134 cm³/mol. The molecule has 0 fully saturated rings. The van der Waals surface area contributed by atoms with Crippen molar-refractivity contribution in [1.82, 2.24) is 14.6 Å². The molecular weight excluding hydrogens is 468 g/mol. The van der Waals surface area contributed by atoms with Gasteiger partial charge in [-0.05, 0) is 35.2 Å². The summed E-state index contributed by atoms with van der Waals surface area (Å²) in [6.45, 7) is 0. The Bertz CT molecular complexity index is 1580. The van der Waals surface area contributed by atoms with Crippen molar-refractivity contribution >= 4 is 38.5 Å². The van der Waals surface area contributed by atoms with Crippen molar-refractivity contribution in [3.63, 3.8) is 0 Å². The number of rotatable bonds is 7. The Morgan fingerprint density at radius 1 is 1.03 bits per heavy atom. The molecule has 7 nitrogen and oxygen atoms in total. The van der Waals surface area contributed by atoms with E-state index in [4.69, 9.17) is 0 Å². The number of nitrogens with zero attached hydrogens (tertiary/aromatic N) is 4. The Hall–Kier alpha value is -3.82. The van der Waals surface area contributed by atoms with Gasteiger partial charge in [0.25, 0.3) is 0 Å². The van der Waals surface area contributed by atoms with Crippen LogP contribution in [0.2, 0.25) is 0 Å². The molecule has 0 unspecified atom stereocenters. The summed E-state index contributed by atoms with van der Waals surface area (Å²) in [5.74, 6) is -0.225. The van der Waals surface area contributed by atoms with Crippen molar-refractivity contribution in [3.05, 3.63) is 107 Å². The van der Waals surface area contributed by atoms with Gasteiger partial charge in [0.05, 0.1) is 33.8 Å². The van der Waals surface area contributed by atoms with Crippen LogP contribution in [0, 0.1) is 0 Å². The predicted octanol–water partition coefficient (Wildman–Crippen LogP) is 4.66. The van der Waals surface area contributed by atoms with Crippen LogP contribution in [0.1, 0.15) is 20.8 Å². The zero-order valence-electron chi connectivity index (χ0n) is 18.2. The van der Waals surface area contributed by atoms with E-state index in [1.165, 1.54) is 21.8 Å². The summed E-state index contributed by atoms with van der Waals surface area (Å²) < 4.78 is 28.9. The average Bonchev–Trinajstić information content (AvgIpc) is 3.54. The fourth-order valence-electron chi connectivity index (χ4n) is 3.71. The van der Waals surface area contributed by atoms with Gasteiger partial charge in [-0.1, -0.05) is 48.5 Å². The van der Waals surface area contributed by atoms with Gasteiger partial charge in [-0.2, -0.15) is 5.10 Å². The molecule has 0 bridgehead atoms. The molecule has 0 spiro atoms. The lowest BCUT2D eigenvalue weighted by molar-refractivity contribution is 0.104. The molecule has 0 aliphatic heterocycles. The van der Waals surface area contributed by atoms with E-state index in [9.17, 15) is 13.2 Å². The number of carbonyl (C=O) groups excluding carboxylic acids is 1. The number of anilines is 1. The molecular formula is C25H20N4O3S2. The van der Waals surface area contributed by atoms with E-state index in [1.807, 2.05) is 35.7 Å². The van der Waals surface area contributed by atoms with Crippen LogP contribution in [-0.4, -0.2) is 35.8 Å². The van der Waals surface area contributed by atoms with Crippen LogP contribution in [0.3, 0.4) is 0 Å². The van der Waals surface area contributed by atoms with Gasteiger partial charge in [-0.3, -0.25) is 9.10 Å². The number of carbonyl (C=O) groups is 1. The average molecular weight is 489 g/mol. The van der Waals surface area contributed by atoms with E-state index in [0.29, 0.717) is 27.5 Å². The van der Waals surface area contributed by atoms with Gasteiger partial charge in [0.2, 0.25) is 15.8 Å². The molecule has 0 saturated heterocycles. The molecule has 0 aliphatic rings. The summed E-state index contributed by atoms with van der Waals surface area (Å²) in [7, 11) is -2.04. The molecule has 3 heterocycles. The van der Waals surface area contributed by atoms with Crippen LogP contribution in [0.25, 0.3) is 16.9 Å². The van der Waals surface area contributed by atoms with Gasteiger partial charge < -0.3 is 0 Å². The van der Waals surface area contributed by atoms with Gasteiger partial charge in [0.1, 0.15) is 0 Å². The molecule has 2 aromatic carbocycles. The summed E-state index contributed by atoms with van der Waals surface area (Å²) in [6, 6.07) is 21.7. The first-order valence-electron chi connectivity index (χ1n) is 10.5. The second-order valence-corrected chi connectivity index (χ2v) is 10.6. The lowest BCUT2D eigenvalue weighted by Gasteiger charge is -2.20. The van der Waals surface area contributed by atoms with Crippen molar-refractivity contribution in [2.75, 3.05) is 11.4 Å². The lowest BCUT2D eigenvalue weighted by Crippen LogP contribution is -2.27. The third-order valence-corrected chi connectivity index (χ3v) is 8.12. The second kappa shape index (κ2) is 8.85. The second-order valence-electron chi connectivity index (χ2n) is 7.69. The zero-order chi connectivity index (χ0) is 23.7. The number of thiophene rings is 1. The molecule has 0 amide bonds. The van der Waals surface area contributed by atoms with E-state index in [1.54, 1.807) is 60.2 Å². The Balaban J connectivity index is 1.50. The highest BCUT2D eigenvalue weighted by Gasteiger charge is 2.21. The van der Waals surface area contributed by atoms with Crippen LogP contribution in [0.5, 0.6) is 0 Å². The molecule has 3 aromatic heterocycles. The van der Waals surface area contributed by atoms with E-state index < -0.39 is 10.0 Å². The largest absolute Gasteiger partial charge is 0.287 e. The SMILES string of the molecule is CN(c1cccc(-c2ccnc3c(C(=O)c4cccs4)cnn23)c1)S(=O)(=O)Cc1ccccc1. The summed E-state index contributed by atoms with van der Waals surface area (Å²) in [6.07, 6.45) is 3.15. The zero-order valence-corrected chi connectivity index (χ0v) is 19.8. The Labute approximate surface area is 201 Å². The fourth-order valence-corrected chi connectivity index (χ4v) is 5.63. The summed E-state index contributed by atoms with van der Waals surface area (Å²) >= 11 is 1.37. The van der Waals surface area contributed by atoms with Crippen LogP contribution in [0.15, 0.2) is 90.6 Å². The van der Waals surface area contributed by atoms with Crippen LogP contribution >= 0.6 is 11.3 Å². The van der Waals surface area contributed by atoms with Gasteiger partial charge in [-0.25, -0.2) is 17.9 Å². The van der Waals surface area contributed by atoms with Crippen LogP contribution < -0.4 is 4.31 Å². The topological polar surface area (TPSA) is 84.6 Å². The van der Waals surface area contributed by atoms with Crippen molar-refractivity contribution in [1.29, 1.82) is 0 Å². The number of sulfonamides is 1. The first-order valence-corrected chi connectivity index (χ1v) is 12.9. The highest BCUT2D eigenvalue weighted by atomic mass is 32.2. The van der Waals surface area contributed by atoms with Gasteiger partial charge in [-0.15, -0.1) is 11.3 Å². The number of hydrogen-bond acceptors (Lipinski definition) is 6. The quantitative estimate of drug-likeness (QED) is 0.311. The van der Waals surface area contributed by atoms with Crippen LogP contribution in [0.4, 0.5) is 5.69 Å². The molecule has 0 N–H and O–H groups in total. The molecule has 0 saturated carbocycles. The highest BCUT2D eigenvalue weighted by Crippen LogP contribution is 2.28. The van der Waals surface area contributed by atoms with E-state index in [0.717, 1.165) is 11.1 Å². The maximum Gasteiger partial charge on any atom is 0.239 e. The summed E-state index contributed by atoms with van der Waals surface area (Å²) in [5, 5.41) is 6.26. The van der Waals surface area contributed by atoms with Crippen molar-refractivity contribution in [2.45, 2.75) is 5.75 Å². The Morgan fingerprint density at radius 2 is 1.85 bits per heavy atom. The van der Waals surface area contributed by atoms with Crippen molar-refractivity contribution < 1.29 is 13.2 Å². The molecule has 5 aromatic rings. The molecule has 34 heavy (non-hydrogen) atoms. The first kappa shape index (κ1) is 22.0. The molecule has 9 heteroatoms. The number of hydrogen-bond donors (Lipinski definition) is 0. The maximum absolute atomic E-state index is 13.0. The number of fused-ring (bicyclic) bond motifs is 1. The van der Waals surface area contributed by atoms with Gasteiger partial charge >= 0.3 is 0 Å². The molecule has 170 valence electrons. The molecule has 0 atom stereocenters. The number of ketones is 1. The molecule has 0 radical (unpaired) electrons. The minimum Gasteiger partial charge on any atom is -0.287 e. The summed E-state index contributed by atoms with van der Waals surface area (Å²) in [4.78, 5) is 17.9. The van der Waals surface area contributed by atoms with Crippen LogP contribution in [-0.2, 0) is 15.8 Å². The minimum atomic E-state index is -3.59. The Morgan fingerprint density at radius 3 is 2.62 bits per heavy atom. The smallest absolute Gasteiger partial charge is 0.239 e. The molecule has 5 rings (SSSR count). The third kappa shape index (κ3) is 4.11. The maximum atomic E-state index is 13.0. The molecule has 0 aliphatic carbocycles. The van der Waals surface area contributed by atoms with E-state index >= 15 is 0 Å². The monoisotopic (exact) mass is 488 g/mol. The number of benzene rings is 2. The van der Waals surface area contributed by atoms with Gasteiger partial charge in [0.15, 0.2) is 5.65 Å². The Kier molecular flexibility index (Phi) is 5.72. The normalized spacial score (nSPS) is 11.6. The first-order chi connectivity index (χ1) is 16.4. The number of aromatic nitrogens is 3. The standard InChI is InChI=1S/C25H20N4O3S2/c1-28(34(31,32)17-18-7-3-2-4-8-18)20-10-5-9-19(15-20)22-12-13-26-25-21(16-27-29(22)25)24(30)23-11-6-14-33-23/h2-16H,17H2,1H3. The van der Waals surface area contributed by atoms with Crippen molar-refractivity contribution in [2.24, 2.45) is 0 Å². The van der Waals surface area contributed by atoms with Crippen molar-refractivity contribution in [3.8, 4) is 11.3 Å². The third-order valence-electron chi connectivity index (χ3n) is 5.51.